The molecule has 2 rings (SSSR count). The predicted octanol–water partition coefficient (Wildman–Crippen LogP) is 2.37. The van der Waals surface area contributed by atoms with Gasteiger partial charge in [-0.1, -0.05) is 11.6 Å². The average Bonchev–Trinajstić information content (AvgIpc) is 2.32. The molecule has 0 radical (unpaired) electrons. The highest BCUT2D eigenvalue weighted by atomic mass is 35.5. The third-order valence-corrected chi connectivity index (χ3v) is 3.82. The summed E-state index contributed by atoms with van der Waals surface area (Å²) in [6.07, 6.45) is 0. The van der Waals surface area contributed by atoms with Crippen LogP contribution in [-0.2, 0) is 0 Å². The van der Waals surface area contributed by atoms with Crippen molar-refractivity contribution < 1.29 is 9.18 Å². The predicted molar refractivity (Wildman–Crippen MR) is 64.9 cm³/mol. The summed E-state index contributed by atoms with van der Waals surface area (Å²) in [6, 6.07) is 3.62. The lowest BCUT2D eigenvalue weighted by Gasteiger charge is -2.22. The molecule has 1 aliphatic rings. The van der Waals surface area contributed by atoms with E-state index in [1.165, 1.54) is 18.2 Å². The quantitative estimate of drug-likeness (QED) is 0.827. The average molecular weight is 260 g/mol. The number of halogens is 2. The van der Waals surface area contributed by atoms with Crippen LogP contribution in [0.15, 0.2) is 18.2 Å². The molecule has 1 saturated heterocycles. The van der Waals surface area contributed by atoms with Crippen LogP contribution >= 0.6 is 23.4 Å². The number of Topliss-reactive ketones (excluding diaryl/α,β-unsaturated/α-hetero) is 1. The first kappa shape index (κ1) is 11.9. The van der Waals surface area contributed by atoms with Crippen LogP contribution in [0.4, 0.5) is 4.39 Å². The number of hydrogen-bond acceptors (Lipinski definition) is 3. The highest BCUT2D eigenvalue weighted by molar-refractivity contribution is 7.99. The van der Waals surface area contributed by atoms with Crippen LogP contribution in [0.25, 0.3) is 0 Å². The van der Waals surface area contributed by atoms with Gasteiger partial charge in [-0.3, -0.25) is 4.79 Å². The third-order valence-electron chi connectivity index (χ3n) is 2.43. The van der Waals surface area contributed by atoms with Gasteiger partial charge in [0.25, 0.3) is 0 Å². The normalized spacial score (nSPS) is 20.8. The molecule has 86 valence electrons. The van der Waals surface area contributed by atoms with E-state index in [0.29, 0.717) is 10.8 Å². The lowest BCUT2D eigenvalue weighted by molar-refractivity contribution is 0.0953. The topological polar surface area (TPSA) is 29.1 Å². The number of carbonyl (C=O) groups is 1. The Bertz CT molecular complexity index is 407. The number of rotatable bonds is 2. The van der Waals surface area contributed by atoms with E-state index >= 15 is 0 Å². The van der Waals surface area contributed by atoms with Crippen molar-refractivity contribution in [2.75, 3.05) is 18.1 Å². The van der Waals surface area contributed by atoms with E-state index in [9.17, 15) is 9.18 Å². The standard InChI is InChI=1S/C11H11ClFNOS/c12-9-2-1-7(13)5-8(9)11(15)10-6-16-4-3-14-10/h1-2,5,10,14H,3-4,6H2. The number of nitrogens with one attached hydrogen (secondary N) is 1. The molecule has 16 heavy (non-hydrogen) atoms. The first-order valence-corrected chi connectivity index (χ1v) is 6.52. The van der Waals surface area contributed by atoms with Crippen molar-refractivity contribution >= 4 is 29.1 Å². The van der Waals surface area contributed by atoms with Gasteiger partial charge < -0.3 is 5.32 Å². The molecule has 1 unspecified atom stereocenters. The molecule has 0 aromatic heterocycles. The molecule has 0 amide bonds. The van der Waals surface area contributed by atoms with Crippen LogP contribution in [0.2, 0.25) is 5.02 Å². The summed E-state index contributed by atoms with van der Waals surface area (Å²) < 4.78 is 13.0. The minimum absolute atomic E-state index is 0.128. The molecule has 5 heteroatoms. The van der Waals surface area contributed by atoms with E-state index in [2.05, 4.69) is 5.32 Å². The zero-order valence-corrected chi connectivity index (χ0v) is 10.1. The van der Waals surface area contributed by atoms with Crippen molar-refractivity contribution in [1.29, 1.82) is 0 Å². The number of ketones is 1. The molecule has 1 atom stereocenters. The molecule has 1 aromatic rings. The molecule has 0 saturated carbocycles. The second kappa shape index (κ2) is 5.17. The Morgan fingerprint density at radius 1 is 1.56 bits per heavy atom. The molecule has 1 N–H and O–H groups in total. The minimum Gasteiger partial charge on any atom is -0.306 e. The van der Waals surface area contributed by atoms with Crippen LogP contribution in [-0.4, -0.2) is 29.9 Å². The summed E-state index contributed by atoms with van der Waals surface area (Å²) in [4.78, 5) is 12.0. The fourth-order valence-corrected chi connectivity index (χ4v) is 2.75. The lowest BCUT2D eigenvalue weighted by atomic mass is 10.1. The van der Waals surface area contributed by atoms with Crippen molar-refractivity contribution in [2.45, 2.75) is 6.04 Å². The van der Waals surface area contributed by atoms with E-state index in [0.717, 1.165) is 12.3 Å². The van der Waals surface area contributed by atoms with Gasteiger partial charge in [0.05, 0.1) is 11.1 Å². The molecule has 1 aliphatic heterocycles. The van der Waals surface area contributed by atoms with Crippen molar-refractivity contribution in [3.8, 4) is 0 Å². The van der Waals surface area contributed by atoms with Gasteiger partial charge >= 0.3 is 0 Å². The maximum absolute atomic E-state index is 13.0. The summed E-state index contributed by atoms with van der Waals surface area (Å²) in [6.45, 7) is 0.800. The lowest BCUT2D eigenvalue weighted by Crippen LogP contribution is -2.43. The smallest absolute Gasteiger partial charge is 0.182 e. The zero-order chi connectivity index (χ0) is 11.5. The van der Waals surface area contributed by atoms with Crippen LogP contribution in [0, 0.1) is 5.82 Å². The number of carbonyl (C=O) groups excluding carboxylic acids is 1. The van der Waals surface area contributed by atoms with Gasteiger partial charge in [-0.15, -0.1) is 0 Å². The Kier molecular flexibility index (Phi) is 3.84. The molecular weight excluding hydrogens is 249 g/mol. The molecule has 1 aromatic carbocycles. The fraction of sp³-hybridized carbons (Fsp3) is 0.364. The van der Waals surface area contributed by atoms with Crippen molar-refractivity contribution in [3.63, 3.8) is 0 Å². The summed E-state index contributed by atoms with van der Waals surface area (Å²) in [7, 11) is 0. The first-order chi connectivity index (χ1) is 7.68. The van der Waals surface area contributed by atoms with Gasteiger partial charge in [0.2, 0.25) is 0 Å². The zero-order valence-electron chi connectivity index (χ0n) is 8.50. The van der Waals surface area contributed by atoms with E-state index < -0.39 is 5.82 Å². The van der Waals surface area contributed by atoms with E-state index in [1.54, 1.807) is 11.8 Å². The van der Waals surface area contributed by atoms with Gasteiger partial charge in [-0.25, -0.2) is 4.39 Å². The SMILES string of the molecule is O=C(c1cc(F)ccc1Cl)C1CSCCN1. The monoisotopic (exact) mass is 259 g/mol. The molecular formula is C11H11ClFNOS. The Labute approximate surface area is 103 Å². The highest BCUT2D eigenvalue weighted by Crippen LogP contribution is 2.20. The van der Waals surface area contributed by atoms with Gasteiger partial charge in [-0.2, -0.15) is 11.8 Å². The molecule has 1 fully saturated rings. The largest absolute Gasteiger partial charge is 0.306 e. The number of benzene rings is 1. The second-order valence-electron chi connectivity index (χ2n) is 3.57. The van der Waals surface area contributed by atoms with Gasteiger partial charge in [-0.05, 0) is 18.2 Å². The summed E-state index contributed by atoms with van der Waals surface area (Å²) in [5, 5.41) is 3.42. The Hall–Kier alpha value is -0.580. The van der Waals surface area contributed by atoms with E-state index in [-0.39, 0.29) is 17.4 Å². The second-order valence-corrected chi connectivity index (χ2v) is 5.13. The van der Waals surface area contributed by atoms with Gasteiger partial charge in [0.1, 0.15) is 5.82 Å². The van der Waals surface area contributed by atoms with Crippen LogP contribution in [0.1, 0.15) is 10.4 Å². The summed E-state index contributed by atoms with van der Waals surface area (Å²) in [5.74, 6) is 1.15. The maximum Gasteiger partial charge on any atom is 0.182 e. The highest BCUT2D eigenvalue weighted by Gasteiger charge is 2.24. The fourth-order valence-electron chi connectivity index (χ4n) is 1.61. The van der Waals surface area contributed by atoms with Crippen molar-refractivity contribution in [2.24, 2.45) is 0 Å². The van der Waals surface area contributed by atoms with Gasteiger partial charge in [0, 0.05) is 23.6 Å². The molecule has 0 bridgehead atoms. The van der Waals surface area contributed by atoms with Crippen molar-refractivity contribution in [3.05, 3.63) is 34.6 Å². The molecule has 0 spiro atoms. The van der Waals surface area contributed by atoms with Crippen LogP contribution in [0.3, 0.4) is 0 Å². The van der Waals surface area contributed by atoms with Crippen molar-refractivity contribution in [1.82, 2.24) is 5.32 Å². The molecule has 1 heterocycles. The molecule has 0 aliphatic carbocycles. The minimum atomic E-state index is -0.434. The Balaban J connectivity index is 2.22. The van der Waals surface area contributed by atoms with E-state index in [4.69, 9.17) is 11.6 Å². The summed E-state index contributed by atoms with van der Waals surface area (Å²) in [5.41, 5.74) is 0.265. The van der Waals surface area contributed by atoms with Crippen LogP contribution < -0.4 is 5.32 Å². The number of thioether (sulfide) groups is 1. The Morgan fingerprint density at radius 3 is 3.06 bits per heavy atom. The van der Waals surface area contributed by atoms with Crippen LogP contribution in [0.5, 0.6) is 0 Å². The number of hydrogen-bond donors (Lipinski definition) is 1. The maximum atomic E-state index is 13.0. The first-order valence-electron chi connectivity index (χ1n) is 4.99. The third kappa shape index (κ3) is 2.56. The van der Waals surface area contributed by atoms with E-state index in [1.807, 2.05) is 0 Å². The Morgan fingerprint density at radius 2 is 2.38 bits per heavy atom. The summed E-state index contributed by atoms with van der Waals surface area (Å²) >= 11 is 7.60. The van der Waals surface area contributed by atoms with Gasteiger partial charge in [0.15, 0.2) is 5.78 Å². The molecule has 2 nitrogen and oxygen atoms in total.